The molecule has 0 radical (unpaired) electrons. The molecule has 0 saturated carbocycles. The van der Waals surface area contributed by atoms with Gasteiger partial charge in [0, 0.05) is 23.2 Å². The molecule has 1 unspecified atom stereocenters. The molecule has 26 heavy (non-hydrogen) atoms. The van der Waals surface area contributed by atoms with Gasteiger partial charge in [-0.1, -0.05) is 39.0 Å². The fraction of sp³-hybridized carbons (Fsp3) is 0.250. The highest BCUT2D eigenvalue weighted by Crippen LogP contribution is 2.26. The van der Waals surface area contributed by atoms with E-state index < -0.39 is 0 Å². The van der Waals surface area contributed by atoms with Crippen molar-refractivity contribution >= 4 is 21.8 Å². The summed E-state index contributed by atoms with van der Waals surface area (Å²) in [4.78, 5) is 9.02. The molecule has 0 aliphatic rings. The smallest absolute Gasteiger partial charge is 0.0702 e. The van der Waals surface area contributed by atoms with Crippen molar-refractivity contribution in [1.82, 2.24) is 9.97 Å². The standard InChI is InChI=1S/C24H24N2/c1-16(2)22-14-21-12-18(6-8-24(21)26-15-22)11-17(3)19-7-9-23-20(13-19)5-4-10-25-23/h4-10,12-17H,11H2,1-3H3. The predicted molar refractivity (Wildman–Crippen MR) is 110 cm³/mol. The molecular weight excluding hydrogens is 316 g/mol. The minimum absolute atomic E-state index is 0.457. The second-order valence-electron chi connectivity index (χ2n) is 7.51. The van der Waals surface area contributed by atoms with E-state index >= 15 is 0 Å². The Morgan fingerprint density at radius 2 is 1.54 bits per heavy atom. The molecule has 0 spiro atoms. The van der Waals surface area contributed by atoms with Crippen LogP contribution in [0.25, 0.3) is 21.8 Å². The Morgan fingerprint density at radius 3 is 2.38 bits per heavy atom. The minimum Gasteiger partial charge on any atom is -0.256 e. The summed E-state index contributed by atoms with van der Waals surface area (Å²) in [7, 11) is 0. The van der Waals surface area contributed by atoms with Crippen LogP contribution in [0.2, 0.25) is 0 Å². The molecule has 0 fully saturated rings. The van der Waals surface area contributed by atoms with E-state index in [-0.39, 0.29) is 0 Å². The lowest BCUT2D eigenvalue weighted by atomic mass is 9.92. The third kappa shape index (κ3) is 3.32. The Kier molecular flexibility index (Phi) is 4.42. The molecule has 2 aromatic heterocycles. The first-order valence-corrected chi connectivity index (χ1v) is 9.33. The summed E-state index contributed by atoms with van der Waals surface area (Å²) in [5, 5.41) is 2.45. The minimum atomic E-state index is 0.457. The highest BCUT2D eigenvalue weighted by atomic mass is 14.7. The molecule has 0 bridgehead atoms. The van der Waals surface area contributed by atoms with Gasteiger partial charge in [-0.25, -0.2) is 0 Å². The summed E-state index contributed by atoms with van der Waals surface area (Å²) in [5.41, 5.74) is 6.15. The molecule has 2 nitrogen and oxygen atoms in total. The largest absolute Gasteiger partial charge is 0.256 e. The molecule has 4 rings (SSSR count). The Bertz CT molecular complexity index is 1070. The quantitative estimate of drug-likeness (QED) is 0.438. The molecule has 4 aromatic rings. The van der Waals surface area contributed by atoms with Gasteiger partial charge in [-0.05, 0) is 71.3 Å². The lowest BCUT2D eigenvalue weighted by Gasteiger charge is -2.14. The maximum Gasteiger partial charge on any atom is 0.0702 e. The van der Waals surface area contributed by atoms with Crippen LogP contribution in [0.4, 0.5) is 0 Å². The van der Waals surface area contributed by atoms with Crippen LogP contribution in [0, 0.1) is 0 Å². The number of hydrogen-bond donors (Lipinski definition) is 0. The average Bonchev–Trinajstić information content (AvgIpc) is 2.67. The van der Waals surface area contributed by atoms with Crippen LogP contribution < -0.4 is 0 Å². The van der Waals surface area contributed by atoms with Gasteiger partial charge in [0.2, 0.25) is 0 Å². The molecule has 2 heterocycles. The number of pyridine rings is 2. The third-order valence-electron chi connectivity index (χ3n) is 5.17. The van der Waals surface area contributed by atoms with Crippen molar-refractivity contribution in [1.29, 1.82) is 0 Å². The van der Waals surface area contributed by atoms with Crippen LogP contribution in [0.5, 0.6) is 0 Å². The van der Waals surface area contributed by atoms with Crippen molar-refractivity contribution in [2.24, 2.45) is 0 Å². The lowest BCUT2D eigenvalue weighted by Crippen LogP contribution is -1.99. The summed E-state index contributed by atoms with van der Waals surface area (Å²) in [5.74, 6) is 0.957. The van der Waals surface area contributed by atoms with Gasteiger partial charge in [-0.15, -0.1) is 0 Å². The van der Waals surface area contributed by atoms with Gasteiger partial charge < -0.3 is 0 Å². The van der Waals surface area contributed by atoms with E-state index in [0.29, 0.717) is 11.8 Å². The van der Waals surface area contributed by atoms with E-state index in [1.807, 2.05) is 18.5 Å². The summed E-state index contributed by atoms with van der Waals surface area (Å²) in [6.45, 7) is 6.72. The normalized spacial score (nSPS) is 12.8. The fourth-order valence-electron chi connectivity index (χ4n) is 3.51. The molecule has 0 N–H and O–H groups in total. The monoisotopic (exact) mass is 340 g/mol. The molecule has 0 aliphatic carbocycles. The highest BCUT2D eigenvalue weighted by Gasteiger charge is 2.09. The highest BCUT2D eigenvalue weighted by molar-refractivity contribution is 5.80. The first-order chi connectivity index (χ1) is 12.6. The van der Waals surface area contributed by atoms with Gasteiger partial charge in [0.25, 0.3) is 0 Å². The third-order valence-corrected chi connectivity index (χ3v) is 5.17. The molecule has 0 amide bonds. The summed E-state index contributed by atoms with van der Waals surface area (Å²) in [6.07, 6.45) is 4.87. The van der Waals surface area contributed by atoms with Crippen molar-refractivity contribution in [2.75, 3.05) is 0 Å². The van der Waals surface area contributed by atoms with Gasteiger partial charge in [0.05, 0.1) is 11.0 Å². The molecule has 1 atom stereocenters. The first-order valence-electron chi connectivity index (χ1n) is 9.33. The average molecular weight is 340 g/mol. The van der Waals surface area contributed by atoms with Crippen molar-refractivity contribution in [3.63, 3.8) is 0 Å². The number of hydrogen-bond acceptors (Lipinski definition) is 2. The number of fused-ring (bicyclic) bond motifs is 2. The molecular formula is C24H24N2. The summed E-state index contributed by atoms with van der Waals surface area (Å²) < 4.78 is 0. The summed E-state index contributed by atoms with van der Waals surface area (Å²) >= 11 is 0. The van der Waals surface area contributed by atoms with Crippen LogP contribution in [0.1, 0.15) is 49.3 Å². The van der Waals surface area contributed by atoms with Crippen LogP contribution in [0.3, 0.4) is 0 Å². The van der Waals surface area contributed by atoms with E-state index in [0.717, 1.165) is 17.5 Å². The van der Waals surface area contributed by atoms with Crippen molar-refractivity contribution in [3.8, 4) is 0 Å². The van der Waals surface area contributed by atoms with E-state index in [1.54, 1.807) is 0 Å². The van der Waals surface area contributed by atoms with Gasteiger partial charge in [-0.3, -0.25) is 9.97 Å². The SMILES string of the molecule is CC(C)c1cnc2ccc(CC(C)c3ccc4ncccc4c3)cc2c1. The fourth-order valence-corrected chi connectivity index (χ4v) is 3.51. The number of benzene rings is 2. The Balaban J connectivity index is 1.62. The maximum atomic E-state index is 4.61. The van der Waals surface area contributed by atoms with Gasteiger partial charge in [0.1, 0.15) is 0 Å². The summed E-state index contributed by atoms with van der Waals surface area (Å²) in [6, 6.07) is 19.7. The topological polar surface area (TPSA) is 25.8 Å². The van der Waals surface area contributed by atoms with Crippen molar-refractivity contribution in [3.05, 3.63) is 83.7 Å². The van der Waals surface area contributed by atoms with Gasteiger partial charge in [-0.2, -0.15) is 0 Å². The second kappa shape index (κ2) is 6.87. The van der Waals surface area contributed by atoms with Crippen LogP contribution in [0.15, 0.2) is 67.0 Å². The Hall–Kier alpha value is -2.74. The number of nitrogens with zero attached hydrogens (tertiary/aromatic N) is 2. The molecule has 2 aromatic carbocycles. The Labute approximate surface area is 154 Å². The molecule has 2 heteroatoms. The maximum absolute atomic E-state index is 4.61. The van der Waals surface area contributed by atoms with Crippen LogP contribution in [-0.4, -0.2) is 9.97 Å². The van der Waals surface area contributed by atoms with E-state index in [9.17, 15) is 0 Å². The zero-order valence-electron chi connectivity index (χ0n) is 15.6. The van der Waals surface area contributed by atoms with E-state index in [1.165, 1.54) is 27.5 Å². The second-order valence-corrected chi connectivity index (χ2v) is 7.51. The van der Waals surface area contributed by atoms with Crippen molar-refractivity contribution in [2.45, 2.75) is 39.0 Å². The van der Waals surface area contributed by atoms with Crippen LogP contribution in [-0.2, 0) is 6.42 Å². The van der Waals surface area contributed by atoms with E-state index in [2.05, 4.69) is 79.3 Å². The first kappa shape index (κ1) is 16.7. The van der Waals surface area contributed by atoms with E-state index in [4.69, 9.17) is 0 Å². The van der Waals surface area contributed by atoms with Gasteiger partial charge in [0.15, 0.2) is 0 Å². The number of rotatable bonds is 4. The molecule has 0 saturated heterocycles. The molecule has 0 aliphatic heterocycles. The lowest BCUT2D eigenvalue weighted by molar-refractivity contribution is 0.761. The predicted octanol–water partition coefficient (Wildman–Crippen LogP) is 6.25. The van der Waals surface area contributed by atoms with Gasteiger partial charge >= 0.3 is 0 Å². The van der Waals surface area contributed by atoms with Crippen LogP contribution >= 0.6 is 0 Å². The zero-order chi connectivity index (χ0) is 18.1. The van der Waals surface area contributed by atoms with Crippen molar-refractivity contribution < 1.29 is 0 Å². The Morgan fingerprint density at radius 1 is 0.769 bits per heavy atom. The zero-order valence-corrected chi connectivity index (χ0v) is 15.6. The number of aromatic nitrogens is 2. The molecule has 130 valence electrons.